The molecule has 0 aromatic carbocycles. The molecule has 1 nitrogen and oxygen atoms in total. The van der Waals surface area contributed by atoms with E-state index in [4.69, 9.17) is 0 Å². The van der Waals surface area contributed by atoms with E-state index in [9.17, 15) is 0 Å². The molecule has 1 aliphatic carbocycles. The first-order chi connectivity index (χ1) is 6.73. The topological polar surface area (TPSA) is 3.24 Å². The van der Waals surface area contributed by atoms with Gasteiger partial charge in [0.25, 0.3) is 0 Å². The lowest BCUT2D eigenvalue weighted by Gasteiger charge is -2.43. The number of rotatable bonds is 0. The quantitative estimate of drug-likeness (QED) is 0.572. The molecule has 2 fully saturated rings. The lowest BCUT2D eigenvalue weighted by atomic mass is 9.85. The minimum absolute atomic E-state index is 0.637. The predicted molar refractivity (Wildman–Crippen MR) is 63.6 cm³/mol. The van der Waals surface area contributed by atoms with Crippen LogP contribution in [0.5, 0.6) is 0 Å². The molecular formula is C13H27N. The molecular weight excluding hydrogens is 170 g/mol. The van der Waals surface area contributed by atoms with Crippen molar-refractivity contribution in [2.75, 3.05) is 13.6 Å². The summed E-state index contributed by atoms with van der Waals surface area (Å²) in [5, 5.41) is 0. The molecule has 84 valence electrons. The molecule has 1 saturated heterocycles. The van der Waals surface area contributed by atoms with Gasteiger partial charge in [-0.3, -0.25) is 0 Å². The second kappa shape index (κ2) is 5.16. The monoisotopic (exact) mass is 197 g/mol. The average molecular weight is 197 g/mol. The smallest absolute Gasteiger partial charge is 0.0209 e. The lowest BCUT2D eigenvalue weighted by molar-refractivity contribution is 0.0758. The van der Waals surface area contributed by atoms with Crippen LogP contribution in [-0.4, -0.2) is 24.0 Å². The fourth-order valence-corrected chi connectivity index (χ4v) is 3.17. The molecule has 0 aromatic heterocycles. The van der Waals surface area contributed by atoms with Gasteiger partial charge in [-0.2, -0.15) is 0 Å². The normalized spacial score (nSPS) is 38.1. The van der Waals surface area contributed by atoms with Crippen LogP contribution in [0, 0.1) is 5.92 Å². The van der Waals surface area contributed by atoms with Gasteiger partial charge in [-0.15, -0.1) is 0 Å². The molecule has 2 aliphatic rings. The Bertz CT molecular complexity index is 163. The molecule has 2 rings (SSSR count). The minimum Gasteiger partial charge on any atom is -0.301 e. The summed E-state index contributed by atoms with van der Waals surface area (Å²) in [4.78, 5) is 2.64. The lowest BCUT2D eigenvalue weighted by Crippen LogP contribution is -2.47. The van der Waals surface area contributed by atoms with E-state index in [1.165, 1.54) is 45.1 Å². The van der Waals surface area contributed by atoms with Crippen molar-refractivity contribution in [1.29, 1.82) is 0 Å². The number of hydrogen-bond acceptors (Lipinski definition) is 1. The molecule has 1 saturated carbocycles. The van der Waals surface area contributed by atoms with Crippen molar-refractivity contribution in [3.8, 4) is 0 Å². The molecule has 2 unspecified atom stereocenters. The summed E-state index contributed by atoms with van der Waals surface area (Å²) >= 11 is 0. The molecule has 0 radical (unpaired) electrons. The third-order valence-corrected chi connectivity index (χ3v) is 4.03. The Hall–Kier alpha value is -0.0400. The van der Waals surface area contributed by atoms with E-state index in [1.807, 2.05) is 13.8 Å². The van der Waals surface area contributed by atoms with Crippen molar-refractivity contribution in [1.82, 2.24) is 4.90 Å². The summed E-state index contributed by atoms with van der Waals surface area (Å²) in [7, 11) is 2.33. The Labute approximate surface area is 89.9 Å². The van der Waals surface area contributed by atoms with E-state index < -0.39 is 0 Å². The van der Waals surface area contributed by atoms with Gasteiger partial charge in [-0.05, 0) is 51.6 Å². The second-order valence-corrected chi connectivity index (χ2v) is 4.95. The van der Waals surface area contributed by atoms with Crippen molar-refractivity contribution in [3.05, 3.63) is 0 Å². The standard InChI is InChI=1S/C11H21N.C2H6/c1-10-5-7-11(9-10)6-3-4-8-12(11)2;1-2/h10H,3-9H2,1-2H3;1-2H3. The fraction of sp³-hybridized carbons (Fsp3) is 1.00. The van der Waals surface area contributed by atoms with Gasteiger partial charge >= 0.3 is 0 Å². The van der Waals surface area contributed by atoms with E-state index in [0.29, 0.717) is 5.54 Å². The van der Waals surface area contributed by atoms with Gasteiger partial charge in [0, 0.05) is 5.54 Å². The summed E-state index contributed by atoms with van der Waals surface area (Å²) < 4.78 is 0. The molecule has 2 atom stereocenters. The number of likely N-dealkylation sites (tertiary alicyclic amines) is 1. The number of piperidine rings is 1. The molecule has 0 aromatic rings. The van der Waals surface area contributed by atoms with Gasteiger partial charge in [0.2, 0.25) is 0 Å². The Balaban J connectivity index is 0.000000461. The van der Waals surface area contributed by atoms with Gasteiger partial charge in [-0.1, -0.05) is 27.2 Å². The molecule has 1 spiro atoms. The SMILES string of the molecule is CC.CC1CCC2(CCCCN2C)C1. The van der Waals surface area contributed by atoms with Gasteiger partial charge in [0.1, 0.15) is 0 Å². The molecule has 0 bridgehead atoms. The van der Waals surface area contributed by atoms with Crippen LogP contribution in [0.2, 0.25) is 0 Å². The van der Waals surface area contributed by atoms with Crippen molar-refractivity contribution in [2.45, 2.75) is 64.8 Å². The maximum atomic E-state index is 2.64. The van der Waals surface area contributed by atoms with Crippen LogP contribution in [0.25, 0.3) is 0 Å². The summed E-state index contributed by atoms with van der Waals surface area (Å²) in [6.07, 6.45) is 8.75. The van der Waals surface area contributed by atoms with Crippen molar-refractivity contribution >= 4 is 0 Å². The average Bonchev–Trinajstić information content (AvgIpc) is 2.58. The second-order valence-electron chi connectivity index (χ2n) is 4.95. The van der Waals surface area contributed by atoms with Crippen LogP contribution in [0.1, 0.15) is 59.3 Å². The van der Waals surface area contributed by atoms with E-state index in [-0.39, 0.29) is 0 Å². The summed E-state index contributed by atoms with van der Waals surface area (Å²) in [5.74, 6) is 0.977. The Morgan fingerprint density at radius 1 is 1.14 bits per heavy atom. The van der Waals surface area contributed by atoms with Crippen LogP contribution in [0.3, 0.4) is 0 Å². The van der Waals surface area contributed by atoms with Crippen LogP contribution in [0.4, 0.5) is 0 Å². The van der Waals surface area contributed by atoms with Gasteiger partial charge in [-0.25, -0.2) is 0 Å². The summed E-state index contributed by atoms with van der Waals surface area (Å²) in [6, 6.07) is 0. The highest BCUT2D eigenvalue weighted by atomic mass is 15.2. The molecule has 1 aliphatic heterocycles. The zero-order valence-corrected chi connectivity index (χ0v) is 10.5. The van der Waals surface area contributed by atoms with Crippen LogP contribution in [0.15, 0.2) is 0 Å². The first-order valence-electron chi connectivity index (χ1n) is 6.44. The Kier molecular flexibility index (Phi) is 4.43. The first-order valence-corrected chi connectivity index (χ1v) is 6.44. The third kappa shape index (κ3) is 2.31. The highest BCUT2D eigenvalue weighted by Crippen LogP contribution is 2.43. The Morgan fingerprint density at radius 2 is 1.86 bits per heavy atom. The highest BCUT2D eigenvalue weighted by Gasteiger charge is 2.41. The summed E-state index contributed by atoms with van der Waals surface area (Å²) in [5.41, 5.74) is 0.637. The molecule has 0 N–H and O–H groups in total. The zero-order valence-electron chi connectivity index (χ0n) is 10.5. The van der Waals surface area contributed by atoms with E-state index in [2.05, 4.69) is 18.9 Å². The molecule has 1 heterocycles. The van der Waals surface area contributed by atoms with E-state index >= 15 is 0 Å². The predicted octanol–water partition coefficient (Wildman–Crippen LogP) is 3.69. The highest BCUT2D eigenvalue weighted by molar-refractivity contribution is 4.97. The van der Waals surface area contributed by atoms with Crippen LogP contribution < -0.4 is 0 Å². The zero-order chi connectivity index (χ0) is 10.6. The Morgan fingerprint density at radius 3 is 2.36 bits per heavy atom. The molecule has 1 heteroatoms. The van der Waals surface area contributed by atoms with Crippen molar-refractivity contribution in [3.63, 3.8) is 0 Å². The van der Waals surface area contributed by atoms with Crippen molar-refractivity contribution < 1.29 is 0 Å². The number of nitrogens with zero attached hydrogens (tertiary/aromatic N) is 1. The van der Waals surface area contributed by atoms with Crippen LogP contribution in [-0.2, 0) is 0 Å². The first kappa shape index (κ1) is 12.0. The maximum absolute atomic E-state index is 2.64. The molecule has 0 amide bonds. The minimum atomic E-state index is 0.637. The number of hydrogen-bond donors (Lipinski definition) is 0. The van der Waals surface area contributed by atoms with Gasteiger partial charge in [0.05, 0.1) is 0 Å². The van der Waals surface area contributed by atoms with Gasteiger partial charge in [0.15, 0.2) is 0 Å². The van der Waals surface area contributed by atoms with Crippen LogP contribution >= 0.6 is 0 Å². The van der Waals surface area contributed by atoms with Gasteiger partial charge < -0.3 is 4.90 Å². The summed E-state index contributed by atoms with van der Waals surface area (Å²) in [6.45, 7) is 7.75. The van der Waals surface area contributed by atoms with E-state index in [1.54, 1.807) is 0 Å². The molecule has 14 heavy (non-hydrogen) atoms. The van der Waals surface area contributed by atoms with Crippen molar-refractivity contribution in [2.24, 2.45) is 5.92 Å². The fourth-order valence-electron chi connectivity index (χ4n) is 3.17. The maximum Gasteiger partial charge on any atom is 0.0209 e. The largest absolute Gasteiger partial charge is 0.301 e. The third-order valence-electron chi connectivity index (χ3n) is 4.03. The van der Waals surface area contributed by atoms with E-state index in [0.717, 1.165) is 5.92 Å².